The van der Waals surface area contributed by atoms with Crippen LogP contribution in [-0.2, 0) is 11.2 Å². The summed E-state index contributed by atoms with van der Waals surface area (Å²) in [4.78, 5) is 25.9. The number of fused-ring (bicyclic) bond motifs is 2. The summed E-state index contributed by atoms with van der Waals surface area (Å²) < 4.78 is 0. The van der Waals surface area contributed by atoms with Crippen molar-refractivity contribution in [3.63, 3.8) is 0 Å². The maximum atomic E-state index is 12.2. The number of benzene rings is 1. The van der Waals surface area contributed by atoms with Crippen LogP contribution < -0.4 is 9.80 Å². The van der Waals surface area contributed by atoms with Crippen LogP contribution in [0.2, 0.25) is 0 Å². The van der Waals surface area contributed by atoms with Crippen LogP contribution in [-0.4, -0.2) is 39.7 Å². The van der Waals surface area contributed by atoms with E-state index in [0.29, 0.717) is 12.8 Å². The van der Waals surface area contributed by atoms with E-state index in [4.69, 9.17) is 9.97 Å². The third kappa shape index (κ3) is 2.84. The Bertz CT molecular complexity index is 1130. The van der Waals surface area contributed by atoms with Gasteiger partial charge in [-0.3, -0.25) is 9.69 Å². The summed E-state index contributed by atoms with van der Waals surface area (Å²) in [6, 6.07) is 8.30. The van der Waals surface area contributed by atoms with Crippen molar-refractivity contribution in [2.24, 2.45) is 0 Å². The minimum Gasteiger partial charge on any atom is -0.344 e. The van der Waals surface area contributed by atoms with Crippen molar-refractivity contribution in [3.8, 4) is 0 Å². The van der Waals surface area contributed by atoms with Gasteiger partial charge >= 0.3 is 0 Å². The molecule has 0 unspecified atom stereocenters. The van der Waals surface area contributed by atoms with Crippen molar-refractivity contribution in [1.29, 1.82) is 0 Å². The number of aromatic nitrogens is 4. The highest BCUT2D eigenvalue weighted by molar-refractivity contribution is 5.95. The normalized spacial score (nSPS) is 19.1. The maximum Gasteiger partial charge on any atom is 0.228 e. The Morgan fingerprint density at radius 3 is 2.59 bits per heavy atom. The Morgan fingerprint density at radius 2 is 1.76 bits per heavy atom. The number of amides is 1. The molecule has 2 aliphatic heterocycles. The third-order valence-electron chi connectivity index (χ3n) is 6.17. The molecule has 0 radical (unpaired) electrons. The van der Waals surface area contributed by atoms with Gasteiger partial charge in [0.2, 0.25) is 5.91 Å². The van der Waals surface area contributed by atoms with E-state index in [0.717, 1.165) is 64.6 Å². The van der Waals surface area contributed by atoms with Gasteiger partial charge in [-0.1, -0.05) is 24.3 Å². The van der Waals surface area contributed by atoms with E-state index in [1.54, 1.807) is 4.90 Å². The average molecular weight is 388 g/mol. The van der Waals surface area contributed by atoms with Crippen molar-refractivity contribution < 1.29 is 4.79 Å². The van der Waals surface area contributed by atoms with Gasteiger partial charge in [-0.25, -0.2) is 9.97 Å². The molecule has 29 heavy (non-hydrogen) atoms. The largest absolute Gasteiger partial charge is 0.344 e. The van der Waals surface area contributed by atoms with E-state index in [1.165, 1.54) is 0 Å². The van der Waals surface area contributed by atoms with E-state index in [2.05, 4.69) is 27.2 Å². The topological polar surface area (TPSA) is 75.1 Å². The number of hydrogen-bond donors (Lipinski definition) is 0. The highest BCUT2D eigenvalue weighted by atomic mass is 16.2. The number of rotatable bonds is 2. The van der Waals surface area contributed by atoms with Crippen LogP contribution in [0.25, 0.3) is 10.8 Å². The number of nitrogens with zero attached hydrogens (tertiary/aromatic N) is 6. The molecule has 1 atom stereocenters. The monoisotopic (exact) mass is 388 g/mol. The fraction of sp³-hybridized carbons (Fsp3) is 0.409. The van der Waals surface area contributed by atoms with Crippen molar-refractivity contribution in [3.05, 3.63) is 47.0 Å². The van der Waals surface area contributed by atoms with Gasteiger partial charge in [-0.2, -0.15) is 5.10 Å². The average Bonchev–Trinajstić information content (AvgIpc) is 3.21. The minimum atomic E-state index is 0.0323. The van der Waals surface area contributed by atoms with E-state index in [1.807, 2.05) is 33.0 Å². The summed E-state index contributed by atoms with van der Waals surface area (Å²) >= 11 is 0. The molecular formula is C22H24N6O. The first-order valence-electron chi connectivity index (χ1n) is 10.2. The molecule has 0 bridgehead atoms. The number of carbonyl (C=O) groups is 1. The molecule has 7 heteroatoms. The van der Waals surface area contributed by atoms with Crippen LogP contribution in [0.3, 0.4) is 0 Å². The summed E-state index contributed by atoms with van der Waals surface area (Å²) in [5, 5.41) is 11.2. The summed E-state index contributed by atoms with van der Waals surface area (Å²) in [7, 11) is 1.81. The van der Waals surface area contributed by atoms with Crippen molar-refractivity contribution in [2.45, 2.75) is 45.6 Å². The molecular weight excluding hydrogens is 364 g/mol. The molecule has 1 saturated heterocycles. The van der Waals surface area contributed by atoms with Crippen molar-refractivity contribution in [1.82, 2.24) is 20.2 Å². The molecule has 148 valence electrons. The van der Waals surface area contributed by atoms with Gasteiger partial charge in [-0.15, -0.1) is 5.10 Å². The second kappa shape index (κ2) is 6.76. The first-order chi connectivity index (χ1) is 14.0. The van der Waals surface area contributed by atoms with Gasteiger partial charge < -0.3 is 4.90 Å². The van der Waals surface area contributed by atoms with Crippen molar-refractivity contribution in [2.75, 3.05) is 23.4 Å². The second-order valence-corrected chi connectivity index (χ2v) is 7.93. The second-order valence-electron chi connectivity index (χ2n) is 7.93. The molecule has 1 aromatic carbocycles. The lowest BCUT2D eigenvalue weighted by molar-refractivity contribution is -0.118. The maximum absolute atomic E-state index is 12.2. The lowest BCUT2D eigenvalue weighted by atomic mass is 10.0. The van der Waals surface area contributed by atoms with Crippen LogP contribution in [0.4, 0.5) is 11.6 Å². The van der Waals surface area contributed by atoms with Gasteiger partial charge in [0.05, 0.1) is 11.7 Å². The van der Waals surface area contributed by atoms with E-state index in [-0.39, 0.29) is 11.9 Å². The van der Waals surface area contributed by atoms with Gasteiger partial charge in [0.25, 0.3) is 0 Å². The number of carbonyl (C=O) groups excluding carboxylic acids is 1. The molecule has 7 nitrogen and oxygen atoms in total. The zero-order valence-electron chi connectivity index (χ0n) is 17.0. The molecule has 4 heterocycles. The van der Waals surface area contributed by atoms with Crippen LogP contribution in [0.1, 0.15) is 48.1 Å². The van der Waals surface area contributed by atoms with Gasteiger partial charge in [0.15, 0.2) is 11.6 Å². The van der Waals surface area contributed by atoms with Gasteiger partial charge in [-0.05, 0) is 33.1 Å². The predicted octanol–water partition coefficient (Wildman–Crippen LogP) is 3.29. The zero-order chi connectivity index (χ0) is 20.1. The molecule has 2 aromatic heterocycles. The van der Waals surface area contributed by atoms with E-state index >= 15 is 0 Å². The molecule has 1 fully saturated rings. The molecule has 0 saturated carbocycles. The summed E-state index contributed by atoms with van der Waals surface area (Å²) in [5.41, 5.74) is 2.98. The van der Waals surface area contributed by atoms with Crippen LogP contribution in [0.5, 0.6) is 0 Å². The van der Waals surface area contributed by atoms with Gasteiger partial charge in [0.1, 0.15) is 5.82 Å². The number of anilines is 2. The fourth-order valence-corrected chi connectivity index (χ4v) is 4.56. The fourth-order valence-electron chi connectivity index (χ4n) is 4.56. The Morgan fingerprint density at radius 1 is 0.966 bits per heavy atom. The van der Waals surface area contributed by atoms with Crippen LogP contribution in [0, 0.1) is 13.8 Å². The Labute approximate surface area is 169 Å². The molecule has 5 rings (SSSR count). The summed E-state index contributed by atoms with van der Waals surface area (Å²) in [6.07, 6.45) is 3.24. The quantitative estimate of drug-likeness (QED) is 0.671. The van der Waals surface area contributed by atoms with Crippen LogP contribution in [0.15, 0.2) is 24.3 Å². The first-order valence-corrected chi connectivity index (χ1v) is 10.2. The molecule has 0 aliphatic carbocycles. The molecule has 3 aromatic rings. The number of aryl methyl sites for hydroxylation is 2. The summed E-state index contributed by atoms with van der Waals surface area (Å²) in [6.45, 7) is 4.90. The Kier molecular flexibility index (Phi) is 4.19. The highest BCUT2D eigenvalue weighted by Crippen LogP contribution is 2.38. The van der Waals surface area contributed by atoms with Gasteiger partial charge in [0, 0.05) is 42.0 Å². The highest BCUT2D eigenvalue weighted by Gasteiger charge is 2.33. The van der Waals surface area contributed by atoms with E-state index < -0.39 is 0 Å². The molecule has 0 spiro atoms. The van der Waals surface area contributed by atoms with Crippen LogP contribution >= 0.6 is 0 Å². The lowest BCUT2D eigenvalue weighted by Crippen LogP contribution is -2.34. The Hall–Kier alpha value is -3.09. The number of hydrogen-bond acceptors (Lipinski definition) is 6. The molecule has 0 N–H and O–H groups in total. The smallest absolute Gasteiger partial charge is 0.228 e. The van der Waals surface area contributed by atoms with E-state index in [9.17, 15) is 4.79 Å². The molecule has 1 amide bonds. The SMILES string of the molecule is Cc1nc([C@@H]2CCCN2c2nnc(C)c3ccccc23)nc2c1CCC(=O)N2C. The standard InChI is InChI=1S/C22H24N6O/c1-13-16-10-11-19(29)27(3)21(16)24-20(23-13)18-9-6-12-28(18)22-17-8-5-4-7-15(17)14(2)25-26-22/h4-5,7-8,18H,6,9-12H2,1-3H3/t18-/m0/s1. The minimum absolute atomic E-state index is 0.0323. The third-order valence-corrected chi connectivity index (χ3v) is 6.17. The zero-order valence-corrected chi connectivity index (χ0v) is 17.0. The molecule has 2 aliphatic rings. The Balaban J connectivity index is 1.60. The lowest BCUT2D eigenvalue weighted by Gasteiger charge is -2.29. The predicted molar refractivity (Wildman–Crippen MR) is 112 cm³/mol. The van der Waals surface area contributed by atoms with Crippen molar-refractivity contribution >= 4 is 28.3 Å². The summed E-state index contributed by atoms with van der Waals surface area (Å²) in [5.74, 6) is 2.53. The first kappa shape index (κ1) is 18.0.